The number of primary amides is 1. The zero-order chi connectivity index (χ0) is 31.5. The van der Waals surface area contributed by atoms with Crippen LogP contribution in [0.3, 0.4) is 0 Å². The second-order valence-corrected chi connectivity index (χ2v) is 10.7. The first-order chi connectivity index (χ1) is 21.1. The Morgan fingerprint density at radius 1 is 1.16 bits per heavy atom. The molecule has 1 aromatic carbocycles. The molecule has 1 aliphatic rings. The number of nitrogens with two attached hydrogens (primary N) is 1. The molecule has 0 saturated carbocycles. The maximum Gasteiger partial charge on any atom is 0.301 e. The van der Waals surface area contributed by atoms with Crippen LogP contribution in [0.2, 0.25) is 10.0 Å². The first-order valence-electron chi connectivity index (χ1n) is 13.4. The second kappa shape index (κ2) is 13.1. The quantitative estimate of drug-likeness (QED) is 0.217. The van der Waals surface area contributed by atoms with Gasteiger partial charge in [-0.15, -0.1) is 0 Å². The van der Waals surface area contributed by atoms with Crippen molar-refractivity contribution in [3.63, 3.8) is 0 Å². The number of halogens is 2. The molecule has 5 rings (SSSR count). The summed E-state index contributed by atoms with van der Waals surface area (Å²) in [6.07, 6.45) is 2.99. The third-order valence-corrected chi connectivity index (χ3v) is 7.57. The molecular formula is C28H29Cl2N7O7. The lowest BCUT2D eigenvalue weighted by atomic mass is 10.0. The molecule has 1 fully saturated rings. The third kappa shape index (κ3) is 6.28. The van der Waals surface area contributed by atoms with Gasteiger partial charge in [-0.3, -0.25) is 19.0 Å². The highest BCUT2D eigenvalue weighted by atomic mass is 35.5. The maximum absolute atomic E-state index is 13.7. The number of hydrogen-bond acceptors (Lipinski definition) is 10. The number of aromatic nitrogens is 4. The van der Waals surface area contributed by atoms with Crippen LogP contribution in [-0.4, -0.2) is 82.6 Å². The smallest absolute Gasteiger partial charge is 0.301 e. The van der Waals surface area contributed by atoms with Crippen molar-refractivity contribution in [2.75, 3.05) is 56.8 Å². The number of rotatable bonds is 10. The Labute approximate surface area is 260 Å². The summed E-state index contributed by atoms with van der Waals surface area (Å²) >= 11 is 12.6. The van der Waals surface area contributed by atoms with Gasteiger partial charge in [0.15, 0.2) is 5.65 Å². The van der Waals surface area contributed by atoms with E-state index in [-0.39, 0.29) is 52.4 Å². The standard InChI is InChI=1S/C28H29Cl2N7O7/c1-35-27(41)23-17(15-9-16(25(31)40)24(39)18(29)10-15)13-37(26(23)34-28(35)44-8-7-42-2)14-22(38)33-20-11-21(32-12-19(20)30)36-3-5-43-6-4-36/h9-13,39H,3-8,14H2,1-2H3,(H2,31,40)(H,32,33,38). The molecule has 4 aromatic rings. The fourth-order valence-electron chi connectivity index (χ4n) is 4.76. The Morgan fingerprint density at radius 3 is 2.61 bits per heavy atom. The summed E-state index contributed by atoms with van der Waals surface area (Å²) in [5, 5.41) is 13.3. The lowest BCUT2D eigenvalue weighted by Crippen LogP contribution is -2.36. The molecule has 14 nitrogen and oxygen atoms in total. The van der Waals surface area contributed by atoms with E-state index in [0.717, 1.165) is 0 Å². The van der Waals surface area contributed by atoms with Crippen molar-refractivity contribution in [1.29, 1.82) is 0 Å². The van der Waals surface area contributed by atoms with Crippen LogP contribution in [0.5, 0.6) is 11.8 Å². The fourth-order valence-corrected chi connectivity index (χ4v) is 5.13. The van der Waals surface area contributed by atoms with Gasteiger partial charge in [0.2, 0.25) is 5.91 Å². The molecule has 0 unspecified atom stereocenters. The Hall–Kier alpha value is -4.37. The highest BCUT2D eigenvalue weighted by molar-refractivity contribution is 6.34. The number of amides is 2. The first-order valence-corrected chi connectivity index (χ1v) is 14.2. The zero-order valence-corrected chi connectivity index (χ0v) is 25.3. The number of carbonyl (C=O) groups excluding carboxylic acids is 2. The predicted molar refractivity (Wildman–Crippen MR) is 164 cm³/mol. The van der Waals surface area contributed by atoms with E-state index in [1.807, 2.05) is 4.90 Å². The number of aromatic hydroxyl groups is 1. The van der Waals surface area contributed by atoms with Gasteiger partial charge in [0.05, 0.1) is 52.7 Å². The highest BCUT2D eigenvalue weighted by Crippen LogP contribution is 2.36. The molecule has 232 valence electrons. The number of nitrogens with one attached hydrogen (secondary N) is 1. The van der Waals surface area contributed by atoms with Gasteiger partial charge in [0.1, 0.15) is 24.7 Å². The van der Waals surface area contributed by atoms with Crippen molar-refractivity contribution in [3.8, 4) is 22.9 Å². The third-order valence-electron chi connectivity index (χ3n) is 6.98. The van der Waals surface area contributed by atoms with E-state index in [0.29, 0.717) is 48.9 Å². The topological polar surface area (TPSA) is 176 Å². The van der Waals surface area contributed by atoms with E-state index in [4.69, 9.17) is 43.1 Å². The zero-order valence-electron chi connectivity index (χ0n) is 23.8. The predicted octanol–water partition coefficient (Wildman–Crippen LogP) is 2.41. The molecule has 1 saturated heterocycles. The van der Waals surface area contributed by atoms with Crippen molar-refractivity contribution >= 4 is 57.6 Å². The highest BCUT2D eigenvalue weighted by Gasteiger charge is 2.23. The fraction of sp³-hybridized carbons (Fsp3) is 0.321. The summed E-state index contributed by atoms with van der Waals surface area (Å²) in [7, 11) is 3.00. The van der Waals surface area contributed by atoms with E-state index in [2.05, 4.69) is 15.3 Å². The molecular weight excluding hydrogens is 617 g/mol. The summed E-state index contributed by atoms with van der Waals surface area (Å²) in [5.74, 6) is -1.24. The van der Waals surface area contributed by atoms with Crippen molar-refractivity contribution in [1.82, 2.24) is 19.1 Å². The second-order valence-electron chi connectivity index (χ2n) is 9.86. The number of phenols is 1. The summed E-state index contributed by atoms with van der Waals surface area (Å²) in [5.41, 5.74) is 5.79. The van der Waals surface area contributed by atoms with Gasteiger partial charge < -0.3 is 39.8 Å². The van der Waals surface area contributed by atoms with Crippen molar-refractivity contribution in [2.45, 2.75) is 6.54 Å². The number of hydrogen-bond donors (Lipinski definition) is 3. The van der Waals surface area contributed by atoms with Crippen LogP contribution in [0, 0.1) is 0 Å². The van der Waals surface area contributed by atoms with E-state index in [1.54, 1.807) is 6.07 Å². The summed E-state index contributed by atoms with van der Waals surface area (Å²) in [6, 6.07) is 4.38. The largest absolute Gasteiger partial charge is 0.506 e. The SMILES string of the molecule is COCCOc1nc2c(c(-c3cc(Cl)c(O)c(C(N)=O)c3)cn2CC(=O)Nc2cc(N3CCOCC3)ncc2Cl)c(=O)n1C. The summed E-state index contributed by atoms with van der Waals surface area (Å²) in [4.78, 5) is 50.0. The van der Waals surface area contributed by atoms with Crippen molar-refractivity contribution < 1.29 is 28.9 Å². The average Bonchev–Trinajstić information content (AvgIpc) is 3.36. The molecule has 0 spiro atoms. The molecule has 0 aliphatic carbocycles. The maximum atomic E-state index is 13.7. The van der Waals surface area contributed by atoms with Gasteiger partial charge >= 0.3 is 6.01 Å². The number of pyridine rings is 1. The molecule has 4 heterocycles. The van der Waals surface area contributed by atoms with E-state index in [1.165, 1.54) is 47.8 Å². The lowest BCUT2D eigenvalue weighted by molar-refractivity contribution is -0.116. The molecule has 2 amide bonds. The van der Waals surface area contributed by atoms with Crippen LogP contribution in [-0.2, 0) is 27.9 Å². The number of anilines is 2. The van der Waals surface area contributed by atoms with Crippen molar-refractivity contribution in [3.05, 3.63) is 56.6 Å². The molecule has 4 N–H and O–H groups in total. The van der Waals surface area contributed by atoms with E-state index < -0.39 is 23.1 Å². The Bertz CT molecular complexity index is 1800. The lowest BCUT2D eigenvalue weighted by Gasteiger charge is -2.28. The van der Waals surface area contributed by atoms with E-state index >= 15 is 0 Å². The van der Waals surface area contributed by atoms with Gasteiger partial charge in [-0.1, -0.05) is 23.2 Å². The number of morpholine rings is 1. The number of carbonyl (C=O) groups is 2. The van der Waals surface area contributed by atoms with Crippen LogP contribution >= 0.6 is 23.2 Å². The van der Waals surface area contributed by atoms with Gasteiger partial charge in [-0.2, -0.15) is 4.98 Å². The number of ether oxygens (including phenoxy) is 3. The van der Waals surface area contributed by atoms with Crippen LogP contribution in [0.25, 0.3) is 22.2 Å². The number of fused-ring (bicyclic) bond motifs is 1. The van der Waals surface area contributed by atoms with Gasteiger partial charge in [-0.25, -0.2) is 4.98 Å². The first kappa shape index (κ1) is 31.1. The molecule has 0 radical (unpaired) electrons. The van der Waals surface area contributed by atoms with Crippen LogP contribution < -0.4 is 26.2 Å². The molecule has 0 bridgehead atoms. The Morgan fingerprint density at radius 2 is 1.91 bits per heavy atom. The van der Waals surface area contributed by atoms with E-state index in [9.17, 15) is 19.5 Å². The van der Waals surface area contributed by atoms with Crippen molar-refractivity contribution in [2.24, 2.45) is 12.8 Å². The van der Waals surface area contributed by atoms with Crippen LogP contribution in [0.15, 0.2) is 35.4 Å². The number of methoxy groups -OCH3 is 1. The molecule has 44 heavy (non-hydrogen) atoms. The summed E-state index contributed by atoms with van der Waals surface area (Å²) < 4.78 is 18.8. The molecule has 16 heteroatoms. The van der Waals surface area contributed by atoms with Gasteiger partial charge in [0.25, 0.3) is 11.5 Å². The molecule has 3 aromatic heterocycles. The number of nitrogens with zero attached hydrogens (tertiary/aromatic N) is 5. The normalized spacial score (nSPS) is 13.3. The Kier molecular flexibility index (Phi) is 9.25. The minimum Gasteiger partial charge on any atom is -0.506 e. The van der Waals surface area contributed by atoms with Crippen LogP contribution in [0.4, 0.5) is 11.5 Å². The van der Waals surface area contributed by atoms with Gasteiger partial charge in [-0.05, 0) is 17.7 Å². The monoisotopic (exact) mass is 645 g/mol. The Balaban J connectivity index is 1.56. The minimum atomic E-state index is -0.917. The average molecular weight is 646 g/mol. The van der Waals surface area contributed by atoms with Gasteiger partial charge in [0, 0.05) is 45.1 Å². The van der Waals surface area contributed by atoms with Crippen LogP contribution in [0.1, 0.15) is 10.4 Å². The molecule has 0 atom stereocenters. The minimum absolute atomic E-state index is 0.000229. The number of benzene rings is 1. The summed E-state index contributed by atoms with van der Waals surface area (Å²) in [6.45, 7) is 2.51. The molecule has 1 aliphatic heterocycles.